The van der Waals surface area contributed by atoms with Gasteiger partial charge in [0.15, 0.2) is 5.96 Å². The predicted molar refractivity (Wildman–Crippen MR) is 82.4 cm³/mol. The van der Waals surface area contributed by atoms with E-state index in [0.717, 1.165) is 18.7 Å². The first-order valence-electron chi connectivity index (χ1n) is 6.73. The van der Waals surface area contributed by atoms with Gasteiger partial charge in [0, 0.05) is 24.9 Å². The molecule has 0 saturated carbocycles. The van der Waals surface area contributed by atoms with Crippen molar-refractivity contribution in [2.75, 3.05) is 6.54 Å². The van der Waals surface area contributed by atoms with Crippen molar-refractivity contribution in [3.63, 3.8) is 0 Å². The molecule has 0 aliphatic rings. The molecule has 1 heterocycles. The molecule has 4 nitrogen and oxygen atoms in total. The Morgan fingerprint density at radius 3 is 2.90 bits per heavy atom. The lowest BCUT2D eigenvalue weighted by molar-refractivity contribution is 0.827. The largest absolute Gasteiger partial charge is 0.370 e. The third-order valence-electron chi connectivity index (χ3n) is 2.93. The number of aliphatic imine (C=N–C) groups is 1. The van der Waals surface area contributed by atoms with E-state index in [2.05, 4.69) is 40.4 Å². The predicted octanol–water partition coefficient (Wildman–Crippen LogP) is 2.04. The van der Waals surface area contributed by atoms with Crippen molar-refractivity contribution in [2.24, 2.45) is 10.7 Å². The maximum absolute atomic E-state index is 5.84. The van der Waals surface area contributed by atoms with Gasteiger partial charge in [0.05, 0.1) is 6.54 Å². The lowest BCUT2D eigenvalue weighted by Crippen LogP contribution is -2.33. The first-order chi connectivity index (χ1) is 9.74. The molecule has 3 N–H and O–H groups in total. The Hall–Kier alpha value is -2.36. The molecule has 0 atom stereocenters. The molecule has 4 heteroatoms. The molecule has 2 rings (SSSR count). The lowest BCUT2D eigenvalue weighted by atomic mass is 10.1. The Morgan fingerprint density at radius 1 is 1.25 bits per heavy atom. The van der Waals surface area contributed by atoms with Crippen LogP contribution in [0.15, 0.2) is 53.7 Å². The van der Waals surface area contributed by atoms with E-state index in [9.17, 15) is 0 Å². The van der Waals surface area contributed by atoms with Crippen LogP contribution in [0.2, 0.25) is 0 Å². The molecule has 2 aromatic rings. The van der Waals surface area contributed by atoms with Gasteiger partial charge in [0.25, 0.3) is 0 Å². The fraction of sp³-hybridized carbons (Fsp3) is 0.250. The van der Waals surface area contributed by atoms with E-state index >= 15 is 0 Å². The van der Waals surface area contributed by atoms with Crippen LogP contribution in [0.1, 0.15) is 16.8 Å². The normalized spacial score (nSPS) is 11.3. The van der Waals surface area contributed by atoms with E-state index in [1.54, 1.807) is 6.20 Å². The fourth-order valence-electron chi connectivity index (χ4n) is 1.91. The highest BCUT2D eigenvalue weighted by molar-refractivity contribution is 5.77. The second-order valence-electron chi connectivity index (χ2n) is 4.69. The number of aryl methyl sites for hydroxylation is 1. The quantitative estimate of drug-likeness (QED) is 0.644. The van der Waals surface area contributed by atoms with Crippen molar-refractivity contribution >= 4 is 5.96 Å². The van der Waals surface area contributed by atoms with Crippen LogP contribution in [0.25, 0.3) is 0 Å². The van der Waals surface area contributed by atoms with E-state index < -0.39 is 0 Å². The minimum atomic E-state index is 0.474. The zero-order valence-corrected chi connectivity index (χ0v) is 11.7. The monoisotopic (exact) mass is 268 g/mol. The van der Waals surface area contributed by atoms with Gasteiger partial charge in [-0.25, -0.2) is 4.99 Å². The van der Waals surface area contributed by atoms with Gasteiger partial charge >= 0.3 is 0 Å². The molecule has 0 aliphatic heterocycles. The minimum absolute atomic E-state index is 0.474. The van der Waals surface area contributed by atoms with Crippen molar-refractivity contribution < 1.29 is 0 Å². The highest BCUT2D eigenvalue weighted by atomic mass is 15.1. The molecule has 0 amide bonds. The average molecular weight is 268 g/mol. The molecule has 0 unspecified atom stereocenters. The summed E-state index contributed by atoms with van der Waals surface area (Å²) in [5.74, 6) is 0.474. The van der Waals surface area contributed by atoms with Crippen LogP contribution < -0.4 is 11.1 Å². The first-order valence-corrected chi connectivity index (χ1v) is 6.73. The number of hydrogen-bond acceptors (Lipinski definition) is 2. The summed E-state index contributed by atoms with van der Waals surface area (Å²) in [4.78, 5) is 8.59. The molecule has 0 saturated heterocycles. The fourth-order valence-corrected chi connectivity index (χ4v) is 1.91. The zero-order chi connectivity index (χ0) is 14.2. The highest BCUT2D eigenvalue weighted by Crippen LogP contribution is 2.04. The smallest absolute Gasteiger partial charge is 0.188 e. The van der Waals surface area contributed by atoms with Crippen LogP contribution in [0.5, 0.6) is 0 Å². The Morgan fingerprint density at radius 2 is 2.15 bits per heavy atom. The van der Waals surface area contributed by atoms with Crippen molar-refractivity contribution in [1.29, 1.82) is 0 Å². The summed E-state index contributed by atoms with van der Waals surface area (Å²) in [5.41, 5.74) is 9.29. The summed E-state index contributed by atoms with van der Waals surface area (Å²) in [7, 11) is 0. The molecule has 0 radical (unpaired) electrons. The topological polar surface area (TPSA) is 63.3 Å². The molecule has 20 heavy (non-hydrogen) atoms. The van der Waals surface area contributed by atoms with Crippen LogP contribution in [-0.4, -0.2) is 17.5 Å². The van der Waals surface area contributed by atoms with E-state index in [-0.39, 0.29) is 0 Å². The number of guanidine groups is 1. The number of pyridine rings is 1. The summed E-state index contributed by atoms with van der Waals surface area (Å²) < 4.78 is 0. The summed E-state index contributed by atoms with van der Waals surface area (Å²) >= 11 is 0. The van der Waals surface area contributed by atoms with Crippen molar-refractivity contribution in [1.82, 2.24) is 10.3 Å². The standard InChI is InChI=1S/C16H20N4/c1-13-5-4-6-14(11-13)12-20-16(17)19-10-8-15-7-2-3-9-18-15/h2-7,9,11H,8,10,12H2,1H3,(H3,17,19,20). The molecule has 1 aromatic heterocycles. The Labute approximate surface area is 119 Å². The van der Waals surface area contributed by atoms with Crippen molar-refractivity contribution in [2.45, 2.75) is 19.9 Å². The molecule has 0 spiro atoms. The van der Waals surface area contributed by atoms with Crippen molar-refractivity contribution in [3.05, 3.63) is 65.5 Å². The molecule has 104 valence electrons. The second kappa shape index (κ2) is 7.28. The summed E-state index contributed by atoms with van der Waals surface area (Å²) in [6, 6.07) is 14.2. The number of hydrogen-bond donors (Lipinski definition) is 2. The number of nitrogens with zero attached hydrogens (tertiary/aromatic N) is 2. The molecule has 0 aliphatic carbocycles. The van der Waals surface area contributed by atoms with Crippen LogP contribution in [0.4, 0.5) is 0 Å². The average Bonchev–Trinajstić information content (AvgIpc) is 2.46. The van der Waals surface area contributed by atoms with Gasteiger partial charge in [-0.1, -0.05) is 35.9 Å². The van der Waals surface area contributed by atoms with Crippen LogP contribution >= 0.6 is 0 Å². The third-order valence-corrected chi connectivity index (χ3v) is 2.93. The second-order valence-corrected chi connectivity index (χ2v) is 4.69. The molecule has 1 aromatic carbocycles. The summed E-state index contributed by atoms with van der Waals surface area (Å²) in [5, 5.41) is 3.10. The maximum Gasteiger partial charge on any atom is 0.188 e. The number of rotatable bonds is 5. The Bertz CT molecular complexity index is 564. The van der Waals surface area contributed by atoms with Gasteiger partial charge in [0.1, 0.15) is 0 Å². The summed E-state index contributed by atoms with van der Waals surface area (Å²) in [6.45, 7) is 3.41. The number of nitrogens with two attached hydrogens (primary N) is 1. The highest BCUT2D eigenvalue weighted by Gasteiger charge is 1.96. The van der Waals surface area contributed by atoms with Gasteiger partial charge < -0.3 is 11.1 Å². The first kappa shape index (κ1) is 14.1. The Balaban J connectivity index is 1.77. The SMILES string of the molecule is Cc1cccc(CN=C(N)NCCc2ccccn2)c1. The van der Waals surface area contributed by atoms with E-state index in [1.165, 1.54) is 11.1 Å². The van der Waals surface area contributed by atoms with Gasteiger partial charge in [-0.2, -0.15) is 0 Å². The van der Waals surface area contributed by atoms with Gasteiger partial charge in [-0.15, -0.1) is 0 Å². The molecular weight excluding hydrogens is 248 g/mol. The van der Waals surface area contributed by atoms with E-state index in [1.807, 2.05) is 24.3 Å². The van der Waals surface area contributed by atoms with Gasteiger partial charge in [-0.05, 0) is 24.6 Å². The minimum Gasteiger partial charge on any atom is -0.370 e. The van der Waals surface area contributed by atoms with Gasteiger partial charge in [0.2, 0.25) is 0 Å². The van der Waals surface area contributed by atoms with Gasteiger partial charge in [-0.3, -0.25) is 4.98 Å². The third kappa shape index (κ3) is 4.72. The molecule has 0 fully saturated rings. The van der Waals surface area contributed by atoms with E-state index in [0.29, 0.717) is 12.5 Å². The maximum atomic E-state index is 5.84. The van der Waals surface area contributed by atoms with Crippen LogP contribution in [0.3, 0.4) is 0 Å². The number of nitrogens with one attached hydrogen (secondary N) is 1. The zero-order valence-electron chi connectivity index (χ0n) is 11.7. The van der Waals surface area contributed by atoms with E-state index in [4.69, 9.17) is 5.73 Å². The molecule has 0 bridgehead atoms. The lowest BCUT2D eigenvalue weighted by Gasteiger charge is -2.05. The Kier molecular flexibility index (Phi) is 5.12. The number of aromatic nitrogens is 1. The van der Waals surface area contributed by atoms with Crippen LogP contribution in [-0.2, 0) is 13.0 Å². The number of benzene rings is 1. The van der Waals surface area contributed by atoms with Crippen molar-refractivity contribution in [3.8, 4) is 0 Å². The van der Waals surface area contributed by atoms with Crippen LogP contribution in [0, 0.1) is 6.92 Å². The molecular formula is C16H20N4. The summed E-state index contributed by atoms with van der Waals surface area (Å²) in [6.07, 6.45) is 2.63.